The van der Waals surface area contributed by atoms with Gasteiger partial charge in [-0.3, -0.25) is 0 Å². The van der Waals surface area contributed by atoms with Gasteiger partial charge in [-0.15, -0.1) is 0 Å². The molecule has 2 amide bonds. The summed E-state index contributed by atoms with van der Waals surface area (Å²) >= 11 is 0. The molecule has 0 aromatic rings. The molecule has 0 unspecified atom stereocenters. The summed E-state index contributed by atoms with van der Waals surface area (Å²) in [5.41, 5.74) is -0.930. The van der Waals surface area contributed by atoms with Crippen LogP contribution >= 0.6 is 0 Å². The van der Waals surface area contributed by atoms with Crippen LogP contribution in [0.15, 0.2) is 0 Å². The second-order valence-electron chi connectivity index (χ2n) is 5.92. The number of hydrogen-bond acceptors (Lipinski definition) is 2. The minimum atomic E-state index is -1.15. The molecule has 0 atom stereocenters. The van der Waals surface area contributed by atoms with Crippen molar-refractivity contribution >= 4 is 12.0 Å². The smallest absolute Gasteiger partial charge is 0.329 e. The third kappa shape index (κ3) is 3.39. The molecule has 3 N–H and O–H groups in total. The minimum absolute atomic E-state index is 0.224. The Labute approximate surface area is 115 Å². The number of hydrogen-bond donors (Lipinski definition) is 3. The van der Waals surface area contributed by atoms with Crippen LogP contribution in [0, 0.1) is 11.3 Å². The Morgan fingerprint density at radius 3 is 2.11 bits per heavy atom. The van der Waals surface area contributed by atoms with Crippen LogP contribution in [-0.4, -0.2) is 29.2 Å². The van der Waals surface area contributed by atoms with E-state index in [4.69, 9.17) is 0 Å². The molecule has 0 bridgehead atoms. The van der Waals surface area contributed by atoms with Gasteiger partial charge in [0.05, 0.1) is 0 Å². The van der Waals surface area contributed by atoms with Crippen molar-refractivity contribution in [1.82, 2.24) is 10.6 Å². The van der Waals surface area contributed by atoms with Crippen molar-refractivity contribution in [2.45, 2.75) is 58.9 Å². The van der Waals surface area contributed by atoms with E-state index in [2.05, 4.69) is 24.5 Å². The molecule has 110 valence electrons. The lowest BCUT2D eigenvalue weighted by Gasteiger charge is -2.29. The Hall–Kier alpha value is -1.26. The number of carbonyl (C=O) groups is 2. The zero-order valence-electron chi connectivity index (χ0n) is 12.4. The van der Waals surface area contributed by atoms with Gasteiger partial charge in [0.1, 0.15) is 5.54 Å². The predicted molar refractivity (Wildman–Crippen MR) is 74.0 cm³/mol. The summed E-state index contributed by atoms with van der Waals surface area (Å²) in [7, 11) is 0. The van der Waals surface area contributed by atoms with Gasteiger partial charge in [-0.2, -0.15) is 0 Å². The molecule has 0 radical (unpaired) electrons. The third-order valence-electron chi connectivity index (χ3n) is 4.69. The Kier molecular flexibility index (Phi) is 4.82. The summed E-state index contributed by atoms with van der Waals surface area (Å²) in [4.78, 5) is 23.2. The van der Waals surface area contributed by atoms with E-state index in [-0.39, 0.29) is 11.4 Å². The molecule has 0 spiro atoms. The topological polar surface area (TPSA) is 78.4 Å². The minimum Gasteiger partial charge on any atom is -0.480 e. The second-order valence-corrected chi connectivity index (χ2v) is 5.92. The fourth-order valence-electron chi connectivity index (χ4n) is 2.42. The number of aliphatic carboxylic acids is 1. The quantitative estimate of drug-likeness (QED) is 0.664. The van der Waals surface area contributed by atoms with Gasteiger partial charge < -0.3 is 15.7 Å². The van der Waals surface area contributed by atoms with Crippen molar-refractivity contribution in [3.8, 4) is 0 Å². The van der Waals surface area contributed by atoms with Crippen LogP contribution < -0.4 is 10.6 Å². The van der Waals surface area contributed by atoms with Crippen LogP contribution in [0.4, 0.5) is 4.79 Å². The molecule has 1 aliphatic carbocycles. The largest absolute Gasteiger partial charge is 0.480 e. The zero-order chi connectivity index (χ0) is 14.7. The van der Waals surface area contributed by atoms with Gasteiger partial charge in [0.2, 0.25) is 0 Å². The summed E-state index contributed by atoms with van der Waals surface area (Å²) in [5.74, 6) is -0.438. The molecule has 1 fully saturated rings. The number of urea groups is 1. The second kappa shape index (κ2) is 5.80. The number of amides is 2. The summed E-state index contributed by atoms with van der Waals surface area (Å²) in [6.07, 6.45) is 3.02. The fraction of sp³-hybridized carbons (Fsp3) is 0.857. The van der Waals surface area contributed by atoms with Crippen molar-refractivity contribution in [2.24, 2.45) is 11.3 Å². The standard InChI is InChI=1S/C14H26N2O3/c1-5-14(6-2,11(17)18)16-12(19)15-9-13(7-8-13)10(3)4/h10H,5-9H2,1-4H3,(H,17,18)(H2,15,16,19). The van der Waals surface area contributed by atoms with Gasteiger partial charge in [-0.1, -0.05) is 27.7 Å². The normalized spacial score (nSPS) is 17.1. The van der Waals surface area contributed by atoms with Crippen molar-refractivity contribution in [2.75, 3.05) is 6.54 Å². The number of carboxylic acids is 1. The van der Waals surface area contributed by atoms with Crippen LogP contribution in [0.25, 0.3) is 0 Å². The van der Waals surface area contributed by atoms with Crippen molar-refractivity contribution in [1.29, 1.82) is 0 Å². The van der Waals surface area contributed by atoms with Gasteiger partial charge in [0.15, 0.2) is 0 Å². The molecular weight excluding hydrogens is 244 g/mol. The molecule has 0 aliphatic heterocycles. The summed E-state index contributed by atoms with van der Waals surface area (Å²) in [5, 5.41) is 14.7. The first kappa shape index (κ1) is 15.8. The van der Waals surface area contributed by atoms with Gasteiger partial charge in [0, 0.05) is 6.54 Å². The highest BCUT2D eigenvalue weighted by Crippen LogP contribution is 2.51. The molecule has 1 rings (SSSR count). The summed E-state index contributed by atoms with van der Waals surface area (Å²) in [6.45, 7) is 8.49. The van der Waals surface area contributed by atoms with Gasteiger partial charge in [-0.05, 0) is 37.0 Å². The first-order chi connectivity index (χ1) is 8.82. The molecular formula is C14H26N2O3. The maximum absolute atomic E-state index is 11.9. The number of rotatable bonds is 7. The van der Waals surface area contributed by atoms with Gasteiger partial charge in [-0.25, -0.2) is 9.59 Å². The molecule has 0 aromatic carbocycles. The number of carboxylic acid groups (broad SMARTS) is 1. The average Bonchev–Trinajstić information content (AvgIpc) is 3.14. The Balaban J connectivity index is 2.53. The van der Waals surface area contributed by atoms with Crippen LogP contribution in [-0.2, 0) is 4.79 Å². The maximum Gasteiger partial charge on any atom is 0.329 e. The average molecular weight is 270 g/mol. The molecule has 1 saturated carbocycles. The summed E-state index contributed by atoms with van der Waals surface area (Å²) < 4.78 is 0. The van der Waals surface area contributed by atoms with Crippen LogP contribution in [0.5, 0.6) is 0 Å². The Morgan fingerprint density at radius 2 is 1.79 bits per heavy atom. The molecule has 0 heterocycles. The van der Waals surface area contributed by atoms with Gasteiger partial charge >= 0.3 is 12.0 Å². The van der Waals surface area contributed by atoms with Gasteiger partial charge in [0.25, 0.3) is 0 Å². The molecule has 5 nitrogen and oxygen atoms in total. The molecule has 0 saturated heterocycles. The molecule has 1 aliphatic rings. The zero-order valence-corrected chi connectivity index (χ0v) is 12.4. The van der Waals surface area contributed by atoms with E-state index in [0.29, 0.717) is 25.3 Å². The Morgan fingerprint density at radius 1 is 1.26 bits per heavy atom. The first-order valence-corrected chi connectivity index (χ1v) is 7.11. The van der Waals surface area contributed by atoms with E-state index in [1.165, 1.54) is 0 Å². The van der Waals surface area contributed by atoms with E-state index in [1.807, 2.05) is 0 Å². The van der Waals surface area contributed by atoms with Crippen LogP contribution in [0.3, 0.4) is 0 Å². The summed E-state index contributed by atoms with van der Waals surface area (Å²) in [6, 6.07) is -0.377. The van der Waals surface area contributed by atoms with E-state index >= 15 is 0 Å². The predicted octanol–water partition coefficient (Wildman–Crippen LogP) is 2.37. The van der Waals surface area contributed by atoms with Crippen molar-refractivity contribution in [3.05, 3.63) is 0 Å². The lowest BCUT2D eigenvalue weighted by molar-refractivity contribution is -0.144. The van der Waals surface area contributed by atoms with Crippen LogP contribution in [0.2, 0.25) is 0 Å². The van der Waals surface area contributed by atoms with Crippen molar-refractivity contribution < 1.29 is 14.7 Å². The lowest BCUT2D eigenvalue weighted by atomic mass is 9.92. The number of nitrogens with one attached hydrogen (secondary N) is 2. The highest BCUT2D eigenvalue weighted by molar-refractivity contribution is 5.86. The van der Waals surface area contributed by atoms with E-state index in [0.717, 1.165) is 12.8 Å². The Bertz CT molecular complexity index is 345. The fourth-order valence-corrected chi connectivity index (χ4v) is 2.42. The molecule has 19 heavy (non-hydrogen) atoms. The molecule has 5 heteroatoms. The third-order valence-corrected chi connectivity index (χ3v) is 4.69. The maximum atomic E-state index is 11.9. The SMILES string of the molecule is CCC(CC)(NC(=O)NCC1(C(C)C)CC1)C(=O)O. The van der Waals surface area contributed by atoms with E-state index < -0.39 is 11.5 Å². The molecule has 0 aromatic heterocycles. The highest BCUT2D eigenvalue weighted by atomic mass is 16.4. The number of carbonyl (C=O) groups excluding carboxylic acids is 1. The highest BCUT2D eigenvalue weighted by Gasteiger charge is 2.45. The lowest BCUT2D eigenvalue weighted by Crippen LogP contribution is -2.57. The first-order valence-electron chi connectivity index (χ1n) is 7.11. The van der Waals surface area contributed by atoms with E-state index in [1.54, 1.807) is 13.8 Å². The monoisotopic (exact) mass is 270 g/mol. The van der Waals surface area contributed by atoms with Crippen LogP contribution in [0.1, 0.15) is 53.4 Å². The van der Waals surface area contributed by atoms with E-state index in [9.17, 15) is 14.7 Å². The van der Waals surface area contributed by atoms with Crippen molar-refractivity contribution in [3.63, 3.8) is 0 Å².